The fourth-order valence-electron chi connectivity index (χ4n) is 1.53. The van der Waals surface area contributed by atoms with E-state index in [1.54, 1.807) is 0 Å². The van der Waals surface area contributed by atoms with Crippen LogP contribution in [0.5, 0.6) is 5.75 Å². The normalized spacial score (nSPS) is 11.4. The molecule has 0 unspecified atom stereocenters. The van der Waals surface area contributed by atoms with Crippen LogP contribution in [0.25, 0.3) is 0 Å². The van der Waals surface area contributed by atoms with Gasteiger partial charge in [0.2, 0.25) is 5.82 Å². The zero-order chi connectivity index (χ0) is 14.1. The van der Waals surface area contributed by atoms with Gasteiger partial charge in [0, 0.05) is 5.56 Å². The van der Waals surface area contributed by atoms with Crippen LogP contribution >= 0.6 is 0 Å². The molecule has 6 heteroatoms. The lowest BCUT2D eigenvalue weighted by Crippen LogP contribution is -2.26. The van der Waals surface area contributed by atoms with E-state index in [0.717, 1.165) is 13.2 Å². The van der Waals surface area contributed by atoms with Crippen molar-refractivity contribution in [2.75, 3.05) is 7.11 Å². The van der Waals surface area contributed by atoms with Crippen molar-refractivity contribution in [2.24, 2.45) is 5.41 Å². The fourth-order valence-corrected chi connectivity index (χ4v) is 1.53. The van der Waals surface area contributed by atoms with Crippen LogP contribution in [0.1, 0.15) is 19.4 Å². The minimum Gasteiger partial charge on any atom is -0.493 e. The first kappa shape index (κ1) is 14.3. The zero-order valence-electron chi connectivity index (χ0n) is 10.2. The summed E-state index contributed by atoms with van der Waals surface area (Å²) in [7, 11) is 1.10. The number of rotatable bonds is 4. The van der Waals surface area contributed by atoms with Crippen molar-refractivity contribution in [1.29, 1.82) is 0 Å². The minimum atomic E-state index is -1.64. The molecule has 1 aromatic rings. The number of aliphatic carboxylic acids is 1. The van der Waals surface area contributed by atoms with E-state index in [1.807, 2.05) is 0 Å². The van der Waals surface area contributed by atoms with Gasteiger partial charge in [-0.3, -0.25) is 4.79 Å². The van der Waals surface area contributed by atoms with E-state index in [2.05, 4.69) is 4.74 Å². The SMILES string of the molecule is COc1c(CC(C)(C)C(=O)O)cc(F)c(F)c1F. The zero-order valence-corrected chi connectivity index (χ0v) is 10.2. The van der Waals surface area contributed by atoms with Gasteiger partial charge in [0.15, 0.2) is 17.4 Å². The number of hydrogen-bond donors (Lipinski definition) is 1. The second-order valence-corrected chi connectivity index (χ2v) is 4.54. The molecule has 0 amide bonds. The second kappa shape index (κ2) is 4.88. The Bertz CT molecular complexity index is 484. The van der Waals surface area contributed by atoms with Gasteiger partial charge in [0.1, 0.15) is 0 Å². The van der Waals surface area contributed by atoms with Crippen molar-refractivity contribution in [3.63, 3.8) is 0 Å². The molecule has 1 aromatic carbocycles. The summed E-state index contributed by atoms with van der Waals surface area (Å²) in [6.45, 7) is 2.79. The third kappa shape index (κ3) is 2.57. The van der Waals surface area contributed by atoms with Crippen LogP contribution in [-0.2, 0) is 11.2 Å². The lowest BCUT2D eigenvalue weighted by molar-refractivity contribution is -0.146. The van der Waals surface area contributed by atoms with E-state index >= 15 is 0 Å². The summed E-state index contributed by atoms with van der Waals surface area (Å²) in [6, 6.07) is 0.752. The maximum atomic E-state index is 13.4. The van der Waals surface area contributed by atoms with Crippen molar-refractivity contribution in [3.05, 3.63) is 29.1 Å². The van der Waals surface area contributed by atoms with Crippen LogP contribution in [0.2, 0.25) is 0 Å². The summed E-state index contributed by atoms with van der Waals surface area (Å²) >= 11 is 0. The molecule has 0 bridgehead atoms. The van der Waals surface area contributed by atoms with Gasteiger partial charge in [-0.05, 0) is 26.3 Å². The number of halogens is 3. The number of benzene rings is 1. The topological polar surface area (TPSA) is 46.5 Å². The van der Waals surface area contributed by atoms with Gasteiger partial charge >= 0.3 is 5.97 Å². The van der Waals surface area contributed by atoms with Crippen LogP contribution in [0.15, 0.2) is 6.07 Å². The van der Waals surface area contributed by atoms with Crippen molar-refractivity contribution >= 4 is 5.97 Å². The highest BCUT2D eigenvalue weighted by Crippen LogP contribution is 2.32. The van der Waals surface area contributed by atoms with Crippen LogP contribution in [0, 0.1) is 22.9 Å². The first-order chi connectivity index (χ1) is 8.20. The third-order valence-corrected chi connectivity index (χ3v) is 2.61. The molecule has 0 aliphatic heterocycles. The lowest BCUT2D eigenvalue weighted by atomic mass is 9.85. The van der Waals surface area contributed by atoms with Crippen molar-refractivity contribution in [1.82, 2.24) is 0 Å². The van der Waals surface area contributed by atoms with Crippen LogP contribution in [0.3, 0.4) is 0 Å². The maximum Gasteiger partial charge on any atom is 0.309 e. The number of carbonyl (C=O) groups is 1. The summed E-state index contributed by atoms with van der Waals surface area (Å²) in [6.07, 6.45) is -0.181. The van der Waals surface area contributed by atoms with Crippen molar-refractivity contribution in [3.8, 4) is 5.75 Å². The molecule has 100 valence electrons. The highest BCUT2D eigenvalue weighted by molar-refractivity contribution is 5.74. The van der Waals surface area contributed by atoms with Crippen molar-refractivity contribution < 1.29 is 27.8 Å². The Labute approximate surface area is 102 Å². The van der Waals surface area contributed by atoms with Crippen LogP contribution in [-0.4, -0.2) is 18.2 Å². The van der Waals surface area contributed by atoms with Crippen LogP contribution < -0.4 is 4.74 Å². The van der Waals surface area contributed by atoms with Crippen LogP contribution in [0.4, 0.5) is 13.2 Å². The number of ether oxygens (including phenoxy) is 1. The molecule has 0 aliphatic carbocycles. The van der Waals surface area contributed by atoms with E-state index in [0.29, 0.717) is 0 Å². The molecule has 0 saturated heterocycles. The Morgan fingerprint density at radius 3 is 2.33 bits per heavy atom. The van der Waals surface area contributed by atoms with Gasteiger partial charge < -0.3 is 9.84 Å². The van der Waals surface area contributed by atoms with E-state index in [4.69, 9.17) is 5.11 Å². The molecule has 1 rings (SSSR count). The molecule has 0 saturated carbocycles. The predicted molar refractivity (Wildman–Crippen MR) is 58.0 cm³/mol. The summed E-state index contributed by atoms with van der Waals surface area (Å²) in [5.41, 5.74) is -1.27. The standard InChI is InChI=1S/C12H13F3O3/c1-12(2,11(16)17)5-6-4-7(13)8(14)9(15)10(6)18-3/h4H,5H2,1-3H3,(H,16,17). The quantitative estimate of drug-likeness (QED) is 0.849. The molecular weight excluding hydrogens is 249 g/mol. The Balaban J connectivity index is 3.29. The average molecular weight is 262 g/mol. The van der Waals surface area contributed by atoms with E-state index in [1.165, 1.54) is 13.8 Å². The molecule has 0 fully saturated rings. The molecule has 0 aliphatic rings. The van der Waals surface area contributed by atoms with E-state index in [9.17, 15) is 18.0 Å². The molecule has 1 N–H and O–H groups in total. The highest BCUT2D eigenvalue weighted by atomic mass is 19.2. The predicted octanol–water partition coefficient (Wildman–Crippen LogP) is 2.77. The Morgan fingerprint density at radius 1 is 1.33 bits per heavy atom. The minimum absolute atomic E-state index is 0.0266. The van der Waals surface area contributed by atoms with E-state index in [-0.39, 0.29) is 12.0 Å². The Morgan fingerprint density at radius 2 is 1.89 bits per heavy atom. The highest BCUT2D eigenvalue weighted by Gasteiger charge is 2.31. The van der Waals surface area contributed by atoms with Gasteiger partial charge in [0.05, 0.1) is 12.5 Å². The van der Waals surface area contributed by atoms with Gasteiger partial charge in [-0.15, -0.1) is 0 Å². The molecular formula is C12H13F3O3. The number of carboxylic acids is 1. The molecule has 0 aromatic heterocycles. The number of carboxylic acid groups (broad SMARTS) is 1. The monoisotopic (exact) mass is 262 g/mol. The largest absolute Gasteiger partial charge is 0.493 e. The Kier molecular flexibility index (Phi) is 3.88. The van der Waals surface area contributed by atoms with Crippen molar-refractivity contribution in [2.45, 2.75) is 20.3 Å². The number of hydrogen-bond acceptors (Lipinski definition) is 2. The first-order valence-corrected chi connectivity index (χ1v) is 5.14. The summed E-state index contributed by atoms with van der Waals surface area (Å²) in [4.78, 5) is 11.0. The van der Waals surface area contributed by atoms with E-state index < -0.39 is 34.6 Å². The number of methoxy groups -OCH3 is 1. The van der Waals surface area contributed by atoms with Gasteiger partial charge in [-0.2, -0.15) is 4.39 Å². The summed E-state index contributed by atoms with van der Waals surface area (Å²) in [5, 5.41) is 8.96. The molecule has 18 heavy (non-hydrogen) atoms. The van der Waals surface area contributed by atoms with Gasteiger partial charge in [-0.25, -0.2) is 8.78 Å². The second-order valence-electron chi connectivity index (χ2n) is 4.54. The summed E-state index contributed by atoms with van der Waals surface area (Å²) < 4.78 is 44.2. The smallest absolute Gasteiger partial charge is 0.309 e. The summed E-state index contributed by atoms with van der Waals surface area (Å²) in [5.74, 6) is -6.06. The fraction of sp³-hybridized carbons (Fsp3) is 0.417. The molecule has 0 spiro atoms. The Hall–Kier alpha value is -1.72. The average Bonchev–Trinajstić information content (AvgIpc) is 2.26. The van der Waals surface area contributed by atoms with Gasteiger partial charge in [0.25, 0.3) is 0 Å². The van der Waals surface area contributed by atoms with Gasteiger partial charge in [-0.1, -0.05) is 0 Å². The molecule has 0 atom stereocenters. The molecule has 3 nitrogen and oxygen atoms in total. The molecule has 0 heterocycles. The molecule has 0 radical (unpaired) electrons. The third-order valence-electron chi connectivity index (χ3n) is 2.61. The lowest BCUT2D eigenvalue weighted by Gasteiger charge is -2.20. The first-order valence-electron chi connectivity index (χ1n) is 5.14. The maximum absolute atomic E-state index is 13.4.